The largest absolute Gasteiger partial charge is 0.486 e. The Morgan fingerprint density at radius 2 is 2.11 bits per heavy atom. The van der Waals surface area contributed by atoms with Gasteiger partial charge in [0.2, 0.25) is 0 Å². The summed E-state index contributed by atoms with van der Waals surface area (Å²) in [5.41, 5.74) is 0.328. The van der Waals surface area contributed by atoms with Gasteiger partial charge in [0.15, 0.2) is 22.7 Å². The van der Waals surface area contributed by atoms with Crippen LogP contribution in [0.4, 0.5) is 11.4 Å². The highest BCUT2D eigenvalue weighted by Crippen LogP contribution is 2.31. The van der Waals surface area contributed by atoms with Crippen molar-refractivity contribution in [2.24, 2.45) is 0 Å². The molecule has 0 aliphatic carbocycles. The highest BCUT2D eigenvalue weighted by Gasteiger charge is 2.24. The Balaban J connectivity index is 1.67. The lowest BCUT2D eigenvalue weighted by atomic mass is 10.2. The summed E-state index contributed by atoms with van der Waals surface area (Å²) in [4.78, 5) is 12.4. The Morgan fingerprint density at radius 3 is 2.81 bits per heavy atom. The first-order valence-electron chi connectivity index (χ1n) is 8.36. The highest BCUT2D eigenvalue weighted by molar-refractivity contribution is 7.80. The molecule has 0 bridgehead atoms. The maximum Gasteiger partial charge on any atom is 0.271 e. The molecule has 0 saturated carbocycles. The number of ether oxygens (including phenoxy) is 2. The van der Waals surface area contributed by atoms with E-state index in [0.717, 1.165) is 5.75 Å². The lowest BCUT2D eigenvalue weighted by molar-refractivity contribution is -0.384. The number of hydrogen-bond acceptors (Lipinski definition) is 5. The SMILES string of the molecule is CCN(C[C@H]1COc2ccccc2O1)C(=S)Nc1cc([N+](=O)[O-])ccc1Cl. The number of hydrogen-bond donors (Lipinski definition) is 1. The third-order valence-electron chi connectivity index (χ3n) is 4.06. The molecule has 2 aromatic rings. The molecule has 0 spiro atoms. The van der Waals surface area contributed by atoms with Gasteiger partial charge in [0.05, 0.1) is 22.2 Å². The molecule has 0 aromatic heterocycles. The minimum Gasteiger partial charge on any atom is -0.486 e. The number of para-hydroxylation sites is 2. The third-order valence-corrected chi connectivity index (χ3v) is 4.75. The summed E-state index contributed by atoms with van der Waals surface area (Å²) in [5.74, 6) is 1.42. The van der Waals surface area contributed by atoms with Gasteiger partial charge in [-0.3, -0.25) is 10.1 Å². The van der Waals surface area contributed by atoms with Crippen LogP contribution in [-0.4, -0.2) is 40.7 Å². The first kappa shape index (κ1) is 19.2. The van der Waals surface area contributed by atoms with E-state index in [1.165, 1.54) is 18.2 Å². The average molecular weight is 408 g/mol. The van der Waals surface area contributed by atoms with E-state index in [0.29, 0.717) is 41.3 Å². The summed E-state index contributed by atoms with van der Waals surface area (Å²) in [6.45, 7) is 3.50. The molecule has 0 saturated heterocycles. The van der Waals surface area contributed by atoms with Crippen molar-refractivity contribution in [1.29, 1.82) is 0 Å². The second-order valence-electron chi connectivity index (χ2n) is 5.89. The lowest BCUT2D eigenvalue weighted by Crippen LogP contribution is -2.45. The molecular weight excluding hydrogens is 390 g/mol. The number of nitro benzene ring substituents is 1. The van der Waals surface area contributed by atoms with Crippen LogP contribution in [-0.2, 0) is 0 Å². The number of likely N-dealkylation sites (N-methyl/N-ethyl adjacent to an activating group) is 1. The lowest BCUT2D eigenvalue weighted by Gasteiger charge is -2.32. The number of nitro groups is 1. The minimum atomic E-state index is -0.479. The smallest absolute Gasteiger partial charge is 0.271 e. The third kappa shape index (κ3) is 4.58. The van der Waals surface area contributed by atoms with Crippen molar-refractivity contribution in [3.8, 4) is 11.5 Å². The number of benzene rings is 2. The number of fused-ring (bicyclic) bond motifs is 1. The quantitative estimate of drug-likeness (QED) is 0.454. The van der Waals surface area contributed by atoms with E-state index >= 15 is 0 Å². The fourth-order valence-electron chi connectivity index (χ4n) is 2.67. The van der Waals surface area contributed by atoms with Gasteiger partial charge >= 0.3 is 0 Å². The van der Waals surface area contributed by atoms with Gasteiger partial charge in [-0.1, -0.05) is 23.7 Å². The van der Waals surface area contributed by atoms with Crippen molar-refractivity contribution in [2.75, 3.05) is 25.0 Å². The standard InChI is InChI=1S/C18H18ClN3O4S/c1-2-21(10-13-11-25-16-5-3-4-6-17(16)26-13)18(27)20-15-9-12(22(23)24)7-8-14(15)19/h3-9,13H,2,10-11H2,1H3,(H,20,27)/t13-/m0/s1. The molecular formula is C18H18ClN3O4S. The van der Waals surface area contributed by atoms with E-state index in [1.807, 2.05) is 36.1 Å². The number of non-ortho nitro benzene ring substituents is 1. The summed E-state index contributed by atoms with van der Waals surface area (Å²) in [7, 11) is 0. The summed E-state index contributed by atoms with van der Waals surface area (Å²) in [6.07, 6.45) is -0.194. The van der Waals surface area contributed by atoms with Crippen LogP contribution in [0.15, 0.2) is 42.5 Å². The van der Waals surface area contributed by atoms with Crippen LogP contribution in [0.2, 0.25) is 5.02 Å². The molecule has 0 fully saturated rings. The minimum absolute atomic E-state index is 0.0617. The molecule has 3 rings (SSSR count). The van der Waals surface area contributed by atoms with Crippen molar-refractivity contribution in [2.45, 2.75) is 13.0 Å². The molecule has 27 heavy (non-hydrogen) atoms. The fourth-order valence-corrected chi connectivity index (χ4v) is 3.15. The zero-order valence-electron chi connectivity index (χ0n) is 14.6. The van der Waals surface area contributed by atoms with Crippen LogP contribution in [0.3, 0.4) is 0 Å². The first-order chi connectivity index (χ1) is 13.0. The molecule has 1 aliphatic heterocycles. The Hall–Kier alpha value is -2.58. The number of thiocarbonyl (C=S) groups is 1. The molecule has 2 aromatic carbocycles. The molecule has 0 unspecified atom stereocenters. The van der Waals surface area contributed by atoms with E-state index in [4.69, 9.17) is 33.3 Å². The van der Waals surface area contributed by atoms with Gasteiger partial charge in [-0.2, -0.15) is 0 Å². The molecule has 9 heteroatoms. The van der Waals surface area contributed by atoms with E-state index < -0.39 is 4.92 Å². The van der Waals surface area contributed by atoms with Gasteiger partial charge in [-0.05, 0) is 37.3 Å². The van der Waals surface area contributed by atoms with Crippen molar-refractivity contribution in [1.82, 2.24) is 4.90 Å². The number of rotatable bonds is 5. The summed E-state index contributed by atoms with van der Waals surface area (Å²) in [5, 5.41) is 14.7. The van der Waals surface area contributed by atoms with Crippen molar-refractivity contribution in [3.63, 3.8) is 0 Å². The highest BCUT2D eigenvalue weighted by atomic mass is 35.5. The predicted molar refractivity (Wildman–Crippen MR) is 108 cm³/mol. The van der Waals surface area contributed by atoms with E-state index in [2.05, 4.69) is 5.32 Å². The molecule has 0 amide bonds. The van der Waals surface area contributed by atoms with Gasteiger partial charge in [0.1, 0.15) is 6.61 Å². The Labute approximate surface area is 167 Å². The molecule has 1 N–H and O–H groups in total. The Morgan fingerprint density at radius 1 is 1.37 bits per heavy atom. The van der Waals surface area contributed by atoms with Crippen LogP contribution >= 0.6 is 23.8 Å². The zero-order chi connectivity index (χ0) is 19.4. The summed E-state index contributed by atoms with van der Waals surface area (Å²) in [6, 6.07) is 11.7. The molecule has 1 heterocycles. The number of halogens is 1. The van der Waals surface area contributed by atoms with Crippen molar-refractivity contribution < 1.29 is 14.4 Å². The summed E-state index contributed by atoms with van der Waals surface area (Å²) >= 11 is 11.6. The van der Waals surface area contributed by atoms with E-state index in [9.17, 15) is 10.1 Å². The van der Waals surface area contributed by atoms with E-state index in [-0.39, 0.29) is 11.8 Å². The Bertz CT molecular complexity index is 864. The van der Waals surface area contributed by atoms with Gasteiger partial charge in [0, 0.05) is 18.7 Å². The van der Waals surface area contributed by atoms with Crippen LogP contribution in [0.1, 0.15) is 6.92 Å². The second kappa shape index (κ2) is 8.41. The van der Waals surface area contributed by atoms with Gasteiger partial charge in [-0.25, -0.2) is 0 Å². The fraction of sp³-hybridized carbons (Fsp3) is 0.278. The molecule has 7 nitrogen and oxygen atoms in total. The summed E-state index contributed by atoms with van der Waals surface area (Å²) < 4.78 is 11.7. The number of anilines is 1. The van der Waals surface area contributed by atoms with Crippen molar-refractivity contribution >= 4 is 40.3 Å². The normalized spacial score (nSPS) is 15.1. The maximum atomic E-state index is 11.0. The maximum absolute atomic E-state index is 11.0. The number of nitrogens with one attached hydrogen (secondary N) is 1. The van der Waals surface area contributed by atoms with Crippen LogP contribution in [0, 0.1) is 10.1 Å². The van der Waals surface area contributed by atoms with Crippen LogP contribution in [0.5, 0.6) is 11.5 Å². The molecule has 142 valence electrons. The van der Waals surface area contributed by atoms with Gasteiger partial charge in [0.25, 0.3) is 5.69 Å². The predicted octanol–water partition coefficient (Wildman–Crippen LogP) is 4.11. The monoisotopic (exact) mass is 407 g/mol. The molecule has 1 aliphatic rings. The Kier molecular flexibility index (Phi) is 5.98. The van der Waals surface area contributed by atoms with Gasteiger partial charge in [-0.15, -0.1) is 0 Å². The first-order valence-corrected chi connectivity index (χ1v) is 9.15. The number of nitrogens with zero attached hydrogens (tertiary/aromatic N) is 2. The topological polar surface area (TPSA) is 76.9 Å². The van der Waals surface area contributed by atoms with Crippen LogP contribution < -0.4 is 14.8 Å². The molecule has 1 atom stereocenters. The van der Waals surface area contributed by atoms with Gasteiger partial charge < -0.3 is 19.7 Å². The van der Waals surface area contributed by atoms with Crippen LogP contribution in [0.25, 0.3) is 0 Å². The van der Waals surface area contributed by atoms with E-state index in [1.54, 1.807) is 0 Å². The average Bonchev–Trinajstić information content (AvgIpc) is 2.67. The zero-order valence-corrected chi connectivity index (χ0v) is 16.1. The second-order valence-corrected chi connectivity index (χ2v) is 6.68. The van der Waals surface area contributed by atoms with Crippen molar-refractivity contribution in [3.05, 3.63) is 57.6 Å². The molecule has 0 radical (unpaired) electrons.